The molecule has 28 heteroatoms. The number of nitrogen functional groups attached to an aromatic ring is 4. The van der Waals surface area contributed by atoms with Gasteiger partial charge in [-0.2, -0.15) is 32.1 Å². The number of benzene rings is 8. The molecule has 530 valence electrons. The van der Waals surface area contributed by atoms with Crippen LogP contribution in [0, 0.1) is 20.2 Å². The normalized spacial score (nSPS) is 9.06. The van der Waals surface area contributed by atoms with Crippen LogP contribution in [0.25, 0.3) is 33.4 Å². The molecule has 0 saturated carbocycles. The molecule has 0 atom stereocenters. The number of rotatable bonds is 8. The number of halogens is 8. The first-order valence-electron chi connectivity index (χ1n) is 30.6. The fourth-order valence-corrected chi connectivity index (χ4v) is 7.09. The van der Waals surface area contributed by atoms with Gasteiger partial charge in [-0.25, -0.2) is 9.97 Å². The average Bonchev–Trinajstić information content (AvgIpc) is 1.62. The Morgan fingerprint density at radius 1 is 0.429 bits per heavy atom. The zero-order valence-electron chi connectivity index (χ0n) is 58.1. The van der Waals surface area contributed by atoms with Gasteiger partial charge in [-0.1, -0.05) is 183 Å². The Hall–Kier alpha value is -7.99. The number of hydrogen-bond acceptors (Lipinski definition) is 13. The van der Waals surface area contributed by atoms with E-state index in [9.17, 15) is 51.4 Å². The van der Waals surface area contributed by atoms with Crippen molar-refractivity contribution < 1.29 is 111 Å². The van der Waals surface area contributed by atoms with Crippen LogP contribution in [0.1, 0.15) is 122 Å². The number of aromatic nitrogens is 4. The fraction of sp³-hybridized carbons (Fsp3) is 0.257. The van der Waals surface area contributed by atoms with E-state index in [1.54, 1.807) is 146 Å². The number of nitrogens with two attached hydrogens (primary N) is 4. The molecule has 0 fully saturated rings. The van der Waals surface area contributed by atoms with Crippen molar-refractivity contribution in [3.63, 3.8) is 0 Å². The number of carbonyl (C=O) groups excluding carboxylic acids is 2. The van der Waals surface area contributed by atoms with Crippen molar-refractivity contribution in [1.29, 1.82) is 0 Å². The number of hydrogen-bond donors (Lipinski definition) is 6. The maximum atomic E-state index is 13.2. The maximum Gasteiger partial charge on any atom is 0.450 e. The van der Waals surface area contributed by atoms with Crippen LogP contribution < -0.4 is 33.6 Å². The van der Waals surface area contributed by atoms with Crippen LogP contribution in [0.4, 0.5) is 77.5 Å². The first-order chi connectivity index (χ1) is 46.1. The minimum Gasteiger partial charge on any atom is -0.525 e. The van der Waals surface area contributed by atoms with E-state index in [-0.39, 0.29) is 87.3 Å². The van der Waals surface area contributed by atoms with Crippen LogP contribution in [-0.2, 0) is 87.4 Å². The number of alkyl halides is 6. The van der Waals surface area contributed by atoms with Gasteiger partial charge in [0.05, 0.1) is 38.3 Å². The molecule has 0 saturated heterocycles. The Balaban J connectivity index is -0.000000259. The summed E-state index contributed by atoms with van der Waals surface area (Å²) in [5, 5.41) is 26.4. The molecule has 10 N–H and O–H groups in total. The SMILES string of the molecule is CC.CC.CC.CC.CC.CC.CC.CC.Nc1ccc(-n2c(C(F)(F)F)nc3ccccc32)cc1.Nc1ccc(N)cc1.Nc1ccc(Nc2ccccc2[N+](=O)[O-])cc1.O=[C-]Cl.O=[C-]Nc1ccc(-n2c(C(F)(F)F)nc3ccccc32)cc1.O=[N+]([O-])c1ccccc1Cl.[Y].[Y]. The topological polar surface area (TPSA) is 284 Å². The Kier molecular flexibility index (Phi) is 60.9. The molecule has 2 heterocycles. The molecule has 0 aliphatic carbocycles. The number of para-hydroxylation sites is 7. The third kappa shape index (κ3) is 36.6. The van der Waals surface area contributed by atoms with E-state index in [0.29, 0.717) is 50.7 Å². The average molecular weight is 1560 g/mol. The van der Waals surface area contributed by atoms with Gasteiger partial charge in [0.2, 0.25) is 11.6 Å². The van der Waals surface area contributed by atoms with Gasteiger partial charge in [-0.05, 0) is 109 Å². The molecule has 98 heavy (non-hydrogen) atoms. The Bertz CT molecular complexity index is 3660. The van der Waals surface area contributed by atoms with E-state index in [0.717, 1.165) is 31.9 Å². The zero-order chi connectivity index (χ0) is 74.6. The largest absolute Gasteiger partial charge is 0.525 e. The molecule has 2 aromatic heterocycles. The van der Waals surface area contributed by atoms with Crippen LogP contribution in [0.5, 0.6) is 0 Å². The number of nitro groups is 2. The summed E-state index contributed by atoms with van der Waals surface area (Å²) >= 11 is 9.67. The van der Waals surface area contributed by atoms with Crippen LogP contribution in [0.3, 0.4) is 0 Å². The van der Waals surface area contributed by atoms with Crippen molar-refractivity contribution in [2.45, 2.75) is 123 Å². The molecule has 0 spiro atoms. The van der Waals surface area contributed by atoms with Crippen molar-refractivity contribution in [2.24, 2.45) is 0 Å². The summed E-state index contributed by atoms with van der Waals surface area (Å²) in [6.07, 6.45) is -7.60. The molecule has 10 rings (SSSR count). The fourth-order valence-electron chi connectivity index (χ4n) is 6.89. The molecule has 2 radical (unpaired) electrons. The van der Waals surface area contributed by atoms with E-state index in [1.807, 2.05) is 111 Å². The summed E-state index contributed by atoms with van der Waals surface area (Å²) in [6, 6.07) is 51.7. The first-order valence-corrected chi connectivity index (χ1v) is 31.3. The van der Waals surface area contributed by atoms with Crippen molar-refractivity contribution in [3.05, 3.63) is 231 Å². The smallest absolute Gasteiger partial charge is 0.450 e. The number of imidazole rings is 2. The second-order valence-corrected chi connectivity index (χ2v) is 16.4. The second-order valence-electron chi connectivity index (χ2n) is 15.9. The minimum atomic E-state index is -4.58. The summed E-state index contributed by atoms with van der Waals surface area (Å²) in [5.41, 5.74) is 28.2. The number of nitro benzene ring substituents is 2. The standard InChI is InChI=1S/C15H9F3N3O.C14H10F3N3.C12H11N3O2.C6H4ClNO2.C6H8N2.8C2H6.CClO.2Y/c16-15(17,18)14-20-12-3-1-2-4-13(12)21(14)11-7-5-10(6-8-11)19-9-22;15-14(16,17)13-19-11-3-1-2-4-12(11)20(13)10-7-5-9(18)6-8-10;13-9-5-7-10(8-6-9)14-11-3-1-2-4-12(11)15(16)17;7-5-3-1-2-4-6(5)8(9)10;7-5-1-2-6(8)4-3-5;8*1-2;2-1-3;;/h1-8H,(H,19,22);1-8H,18H2;1-8,14H,13H2;1-4H;1-4H,7-8H2;8*1-2H3;;;/q-1;;;;;;;;;;;;;-1;;. The first kappa shape index (κ1) is 101. The Morgan fingerprint density at radius 2 is 0.704 bits per heavy atom. The molecule has 10 aromatic rings. The van der Waals surface area contributed by atoms with Crippen molar-refractivity contribution in [3.8, 4) is 11.4 Å². The number of nitrogens with zero attached hydrogens (tertiary/aromatic N) is 6. The molecule has 1 amide bonds. The van der Waals surface area contributed by atoms with Gasteiger partial charge in [0, 0.05) is 117 Å². The van der Waals surface area contributed by atoms with E-state index < -0.39 is 33.8 Å². The second kappa shape index (κ2) is 59.1. The molecule has 0 aliphatic heterocycles. The van der Waals surface area contributed by atoms with Gasteiger partial charge in [0.15, 0.2) is 0 Å². The maximum absolute atomic E-state index is 13.2. The summed E-state index contributed by atoms with van der Waals surface area (Å²) in [4.78, 5) is 46.1. The molecular formula is C70H90Cl2F6N12O6Y2-2. The van der Waals surface area contributed by atoms with E-state index >= 15 is 0 Å². The van der Waals surface area contributed by atoms with Gasteiger partial charge in [0.1, 0.15) is 10.7 Å². The molecular weight excluding hydrogens is 1470 g/mol. The van der Waals surface area contributed by atoms with Crippen molar-refractivity contribution >= 4 is 109 Å². The molecule has 0 aliphatic rings. The number of amides is 1. The molecule has 18 nitrogen and oxygen atoms in total. The summed E-state index contributed by atoms with van der Waals surface area (Å²) in [6.45, 7) is 32.0. The van der Waals surface area contributed by atoms with Gasteiger partial charge in [-0.15, -0.1) is 17.8 Å². The van der Waals surface area contributed by atoms with Crippen LogP contribution in [0.2, 0.25) is 5.02 Å². The predicted octanol–water partition coefficient (Wildman–Crippen LogP) is 21.7. The summed E-state index contributed by atoms with van der Waals surface area (Å²) in [7, 11) is 0. The van der Waals surface area contributed by atoms with E-state index in [4.69, 9.17) is 39.3 Å². The summed E-state index contributed by atoms with van der Waals surface area (Å²) < 4.78 is 81.2. The third-order valence-electron chi connectivity index (χ3n) is 10.4. The number of nitrogens with one attached hydrogen (secondary N) is 2. The van der Waals surface area contributed by atoms with Crippen molar-refractivity contribution in [2.75, 3.05) is 33.6 Å². The number of fused-ring (bicyclic) bond motifs is 2. The van der Waals surface area contributed by atoms with E-state index in [2.05, 4.69) is 32.2 Å². The Morgan fingerprint density at radius 3 is 1.02 bits per heavy atom. The monoisotopic (exact) mass is 1560 g/mol. The van der Waals surface area contributed by atoms with Gasteiger partial charge < -0.3 is 54.8 Å². The van der Waals surface area contributed by atoms with Gasteiger partial charge >= 0.3 is 12.4 Å². The van der Waals surface area contributed by atoms with Crippen molar-refractivity contribution in [1.82, 2.24) is 19.1 Å². The Labute approximate surface area is 632 Å². The van der Waals surface area contributed by atoms with Crippen LogP contribution in [-0.4, -0.2) is 41.1 Å². The minimum absolute atomic E-state index is 0. The molecule has 0 unspecified atom stereocenters. The number of anilines is 7. The van der Waals surface area contributed by atoms with Crippen LogP contribution in [0.15, 0.2) is 194 Å². The zero-order valence-corrected chi connectivity index (χ0v) is 65.3. The summed E-state index contributed by atoms with van der Waals surface area (Å²) in [5.74, 6) is -0.958. The molecule has 8 aromatic carbocycles. The van der Waals surface area contributed by atoms with E-state index in [1.165, 1.54) is 54.9 Å². The van der Waals surface area contributed by atoms with Crippen LogP contribution >= 0.6 is 23.2 Å². The molecule has 0 bridgehead atoms. The quantitative estimate of drug-likeness (QED) is 0.0157. The predicted molar refractivity (Wildman–Crippen MR) is 389 cm³/mol. The van der Waals surface area contributed by atoms with Gasteiger partial charge in [0.25, 0.3) is 11.4 Å². The third-order valence-corrected chi connectivity index (χ3v) is 10.7. The van der Waals surface area contributed by atoms with Gasteiger partial charge in [-0.3, -0.25) is 29.4 Å².